The zero-order chi connectivity index (χ0) is 9.97. The van der Waals surface area contributed by atoms with E-state index in [0.29, 0.717) is 6.61 Å². The molecule has 76 valence electrons. The second-order valence-electron chi connectivity index (χ2n) is 3.41. The molecule has 14 heavy (non-hydrogen) atoms. The molecule has 0 aliphatic carbocycles. The van der Waals surface area contributed by atoms with Gasteiger partial charge in [-0.1, -0.05) is 6.07 Å². The Morgan fingerprint density at radius 2 is 2.57 bits per heavy atom. The van der Waals surface area contributed by atoms with Crippen LogP contribution in [0.1, 0.15) is 24.3 Å². The van der Waals surface area contributed by atoms with Gasteiger partial charge in [0.15, 0.2) is 0 Å². The smallest absolute Gasteiger partial charge is 0.323 e. The number of nitrogens with one attached hydrogen (secondary N) is 1. The van der Waals surface area contributed by atoms with Gasteiger partial charge in [0.2, 0.25) is 0 Å². The molecule has 0 bridgehead atoms. The fraction of sp³-hybridized carbons (Fsp3) is 0.500. The van der Waals surface area contributed by atoms with Gasteiger partial charge in [0, 0.05) is 17.3 Å². The van der Waals surface area contributed by atoms with Crippen molar-refractivity contribution in [2.75, 3.05) is 6.61 Å². The minimum atomic E-state index is -0.118. The number of esters is 1. The Hall–Kier alpha value is -0.870. The van der Waals surface area contributed by atoms with Gasteiger partial charge < -0.3 is 4.74 Å². The predicted octanol–water partition coefficient (Wildman–Crippen LogP) is 1.71. The van der Waals surface area contributed by atoms with E-state index in [0.717, 1.165) is 6.42 Å². The van der Waals surface area contributed by atoms with Crippen molar-refractivity contribution in [1.29, 1.82) is 0 Å². The van der Waals surface area contributed by atoms with Crippen LogP contribution < -0.4 is 5.32 Å². The summed E-state index contributed by atoms with van der Waals surface area (Å²) in [5.74, 6) is -0.117. The Bertz CT molecular complexity index is 310. The highest BCUT2D eigenvalue weighted by Crippen LogP contribution is 2.20. The number of hydrogen-bond donors (Lipinski definition) is 1. The zero-order valence-electron chi connectivity index (χ0n) is 8.03. The fourth-order valence-electron chi connectivity index (χ4n) is 1.57. The van der Waals surface area contributed by atoms with Crippen molar-refractivity contribution in [1.82, 2.24) is 5.32 Å². The Morgan fingerprint density at radius 1 is 1.71 bits per heavy atom. The molecule has 2 rings (SSSR count). The lowest BCUT2D eigenvalue weighted by Crippen LogP contribution is -2.34. The Balaban J connectivity index is 1.94. The number of carbonyl (C=O) groups is 1. The number of hydrogen-bond acceptors (Lipinski definition) is 4. The van der Waals surface area contributed by atoms with Gasteiger partial charge >= 0.3 is 5.97 Å². The molecule has 1 fully saturated rings. The minimum Gasteiger partial charge on any atom is -0.464 e. The molecule has 2 heterocycles. The van der Waals surface area contributed by atoms with Crippen LogP contribution in [0.4, 0.5) is 0 Å². The van der Waals surface area contributed by atoms with Crippen molar-refractivity contribution < 1.29 is 9.53 Å². The summed E-state index contributed by atoms with van der Waals surface area (Å²) >= 11 is 1.70. The molecular formula is C10H13NO2S. The monoisotopic (exact) mass is 211 g/mol. The first-order chi connectivity index (χ1) is 6.77. The van der Waals surface area contributed by atoms with Crippen molar-refractivity contribution in [3.63, 3.8) is 0 Å². The molecule has 1 aliphatic rings. The van der Waals surface area contributed by atoms with Crippen LogP contribution in [0.5, 0.6) is 0 Å². The molecule has 1 aromatic rings. The van der Waals surface area contributed by atoms with E-state index >= 15 is 0 Å². The number of cyclic esters (lactones) is 1. The van der Waals surface area contributed by atoms with E-state index in [4.69, 9.17) is 4.74 Å². The van der Waals surface area contributed by atoms with Crippen molar-refractivity contribution >= 4 is 17.3 Å². The largest absolute Gasteiger partial charge is 0.464 e. The summed E-state index contributed by atoms with van der Waals surface area (Å²) in [5.41, 5.74) is 0. The first-order valence-electron chi connectivity index (χ1n) is 4.73. The number of rotatable bonds is 3. The molecule has 1 saturated heterocycles. The lowest BCUT2D eigenvalue weighted by molar-refractivity contribution is -0.139. The number of ether oxygens (including phenoxy) is 1. The zero-order valence-corrected chi connectivity index (χ0v) is 8.84. The maximum Gasteiger partial charge on any atom is 0.323 e. The molecule has 0 amide bonds. The van der Waals surface area contributed by atoms with Crippen LogP contribution in [0.15, 0.2) is 17.5 Å². The van der Waals surface area contributed by atoms with E-state index < -0.39 is 0 Å². The third kappa shape index (κ3) is 1.96. The minimum absolute atomic E-state index is 0.117. The summed E-state index contributed by atoms with van der Waals surface area (Å²) in [6.07, 6.45) is 0.786. The lowest BCUT2D eigenvalue weighted by Gasteiger charge is -2.14. The summed E-state index contributed by atoms with van der Waals surface area (Å²) in [4.78, 5) is 12.5. The van der Waals surface area contributed by atoms with Crippen LogP contribution >= 0.6 is 11.3 Å². The van der Waals surface area contributed by atoms with Gasteiger partial charge in [0.25, 0.3) is 0 Å². The predicted molar refractivity (Wildman–Crippen MR) is 55.2 cm³/mol. The Kier molecular flexibility index (Phi) is 2.84. The van der Waals surface area contributed by atoms with E-state index in [1.807, 2.05) is 11.4 Å². The standard InChI is InChI=1S/C10H13NO2S/c1-7(9-3-2-6-14-9)11-8-4-5-13-10(8)12/h2-3,6-8,11H,4-5H2,1H3/t7-,8?/m0/s1. The van der Waals surface area contributed by atoms with E-state index in [1.165, 1.54) is 4.88 Å². The van der Waals surface area contributed by atoms with Gasteiger partial charge in [-0.2, -0.15) is 0 Å². The molecular weight excluding hydrogens is 198 g/mol. The molecule has 2 atom stereocenters. The van der Waals surface area contributed by atoms with Crippen molar-refractivity contribution in [3.05, 3.63) is 22.4 Å². The van der Waals surface area contributed by atoms with Crippen LogP contribution in [0.2, 0.25) is 0 Å². The summed E-state index contributed by atoms with van der Waals surface area (Å²) in [6, 6.07) is 4.20. The highest BCUT2D eigenvalue weighted by Gasteiger charge is 2.27. The third-order valence-electron chi connectivity index (χ3n) is 2.36. The SMILES string of the molecule is C[C@H](NC1CCOC1=O)c1cccs1. The fourth-order valence-corrected chi connectivity index (χ4v) is 2.31. The highest BCUT2D eigenvalue weighted by molar-refractivity contribution is 7.10. The van der Waals surface area contributed by atoms with Gasteiger partial charge in [-0.25, -0.2) is 0 Å². The third-order valence-corrected chi connectivity index (χ3v) is 3.41. The maximum atomic E-state index is 11.2. The average Bonchev–Trinajstić information content (AvgIpc) is 2.77. The summed E-state index contributed by atoms with van der Waals surface area (Å²) < 4.78 is 4.89. The first-order valence-corrected chi connectivity index (χ1v) is 5.61. The summed E-state index contributed by atoms with van der Waals surface area (Å²) in [7, 11) is 0. The molecule has 0 radical (unpaired) electrons. The Labute approximate surface area is 87.1 Å². The first kappa shape index (κ1) is 9.68. The molecule has 0 saturated carbocycles. The molecule has 1 aliphatic heterocycles. The van der Waals surface area contributed by atoms with Crippen LogP contribution in [0, 0.1) is 0 Å². The molecule has 1 aromatic heterocycles. The average molecular weight is 211 g/mol. The number of thiophene rings is 1. The highest BCUT2D eigenvalue weighted by atomic mass is 32.1. The van der Waals surface area contributed by atoms with Crippen LogP contribution in [0.3, 0.4) is 0 Å². The van der Waals surface area contributed by atoms with Gasteiger partial charge in [-0.15, -0.1) is 11.3 Å². The van der Waals surface area contributed by atoms with E-state index in [1.54, 1.807) is 11.3 Å². The van der Waals surface area contributed by atoms with E-state index in [-0.39, 0.29) is 18.1 Å². The Morgan fingerprint density at radius 3 is 3.14 bits per heavy atom. The molecule has 4 heteroatoms. The molecule has 0 spiro atoms. The lowest BCUT2D eigenvalue weighted by atomic mass is 10.2. The van der Waals surface area contributed by atoms with Crippen LogP contribution in [-0.2, 0) is 9.53 Å². The van der Waals surface area contributed by atoms with Gasteiger partial charge in [0.05, 0.1) is 6.61 Å². The molecule has 3 nitrogen and oxygen atoms in total. The molecule has 1 N–H and O–H groups in total. The normalized spacial score (nSPS) is 23.5. The topological polar surface area (TPSA) is 38.3 Å². The van der Waals surface area contributed by atoms with Gasteiger partial charge in [0.1, 0.15) is 6.04 Å². The second kappa shape index (κ2) is 4.11. The quantitative estimate of drug-likeness (QED) is 0.774. The van der Waals surface area contributed by atoms with Crippen LogP contribution in [0.25, 0.3) is 0 Å². The molecule has 0 aromatic carbocycles. The maximum absolute atomic E-state index is 11.2. The van der Waals surface area contributed by atoms with Crippen molar-refractivity contribution in [2.45, 2.75) is 25.4 Å². The van der Waals surface area contributed by atoms with Crippen molar-refractivity contribution in [3.8, 4) is 0 Å². The van der Waals surface area contributed by atoms with Gasteiger partial charge in [-0.3, -0.25) is 10.1 Å². The van der Waals surface area contributed by atoms with Gasteiger partial charge in [-0.05, 0) is 18.4 Å². The second-order valence-corrected chi connectivity index (χ2v) is 4.39. The summed E-state index contributed by atoms with van der Waals surface area (Å²) in [6.45, 7) is 2.62. The van der Waals surface area contributed by atoms with E-state index in [2.05, 4.69) is 18.3 Å². The molecule has 1 unspecified atom stereocenters. The van der Waals surface area contributed by atoms with Crippen molar-refractivity contribution in [2.24, 2.45) is 0 Å². The van der Waals surface area contributed by atoms with Crippen LogP contribution in [-0.4, -0.2) is 18.6 Å². The van der Waals surface area contributed by atoms with E-state index in [9.17, 15) is 4.79 Å². The summed E-state index contributed by atoms with van der Waals surface area (Å²) in [5, 5.41) is 5.31. The number of carbonyl (C=O) groups excluding carboxylic acids is 1.